The molecule has 1 saturated carbocycles. The summed E-state index contributed by atoms with van der Waals surface area (Å²) in [5.41, 5.74) is 5.73. The van der Waals surface area contributed by atoms with E-state index in [2.05, 4.69) is 39.0 Å². The lowest BCUT2D eigenvalue weighted by atomic mass is 9.91. The highest BCUT2D eigenvalue weighted by Gasteiger charge is 2.65. The molecule has 1 spiro atoms. The summed E-state index contributed by atoms with van der Waals surface area (Å²) in [6, 6.07) is 12.1. The summed E-state index contributed by atoms with van der Waals surface area (Å²) in [5.74, 6) is 3.22. The number of aromatic nitrogens is 4. The molecular formula is C27H27N7O2. The number of fused-ring (bicyclic) bond motifs is 4. The number of rotatable bonds is 5. The highest BCUT2D eigenvalue weighted by atomic mass is 16.5. The monoisotopic (exact) mass is 481 g/mol. The fraction of sp³-hybridized carbons (Fsp3) is 0.333. The molecule has 0 saturated heterocycles. The molecular weight excluding hydrogens is 454 g/mol. The first-order valence-electron chi connectivity index (χ1n) is 12.3. The summed E-state index contributed by atoms with van der Waals surface area (Å²) < 4.78 is 5.42. The number of aryl methyl sites for hydroxylation is 1. The number of benzene rings is 2. The van der Waals surface area contributed by atoms with Gasteiger partial charge in [-0.1, -0.05) is 6.07 Å². The molecule has 9 heteroatoms. The zero-order valence-electron chi connectivity index (χ0n) is 20.5. The number of H-pyrrole nitrogens is 1. The minimum Gasteiger partial charge on any atom is -0.497 e. The molecule has 2 aliphatic carbocycles. The maximum Gasteiger partial charge on any atom is 0.235 e. The Morgan fingerprint density at radius 1 is 1.11 bits per heavy atom. The summed E-state index contributed by atoms with van der Waals surface area (Å²) in [5, 5.41) is 15.3. The van der Waals surface area contributed by atoms with E-state index in [1.807, 2.05) is 37.2 Å². The Morgan fingerprint density at radius 3 is 2.83 bits per heavy atom. The van der Waals surface area contributed by atoms with Crippen molar-refractivity contribution in [1.82, 2.24) is 20.2 Å². The first kappa shape index (κ1) is 21.2. The lowest BCUT2D eigenvalue weighted by molar-refractivity contribution is -0.118. The second kappa shape index (κ2) is 7.43. The number of amides is 1. The molecule has 0 radical (unpaired) electrons. The second-order valence-corrected chi connectivity index (χ2v) is 10.1. The zero-order valence-corrected chi connectivity index (χ0v) is 20.5. The number of aromatic amines is 1. The van der Waals surface area contributed by atoms with Crippen LogP contribution in [-0.2, 0) is 23.1 Å². The molecule has 2 atom stereocenters. The first-order chi connectivity index (χ1) is 17.5. The molecule has 2 aromatic heterocycles. The molecule has 7 rings (SSSR count). The fourth-order valence-corrected chi connectivity index (χ4v) is 5.88. The van der Waals surface area contributed by atoms with Gasteiger partial charge in [0.1, 0.15) is 11.6 Å². The number of carbonyl (C=O) groups excluding carboxylic acids is 1. The molecule has 36 heavy (non-hydrogen) atoms. The van der Waals surface area contributed by atoms with Crippen LogP contribution in [0.15, 0.2) is 36.4 Å². The van der Waals surface area contributed by atoms with Crippen molar-refractivity contribution < 1.29 is 9.53 Å². The van der Waals surface area contributed by atoms with E-state index in [0.717, 1.165) is 76.5 Å². The van der Waals surface area contributed by atoms with Crippen LogP contribution in [0.25, 0.3) is 10.9 Å². The predicted octanol–water partition coefficient (Wildman–Crippen LogP) is 4.04. The van der Waals surface area contributed by atoms with Crippen molar-refractivity contribution in [2.75, 3.05) is 36.7 Å². The average Bonchev–Trinajstić information content (AvgIpc) is 3.12. The van der Waals surface area contributed by atoms with Crippen LogP contribution in [0, 0.1) is 0 Å². The van der Waals surface area contributed by atoms with Gasteiger partial charge in [-0.15, -0.1) is 0 Å². The third-order valence-corrected chi connectivity index (χ3v) is 7.87. The number of hydrogen-bond acceptors (Lipinski definition) is 7. The highest BCUT2D eigenvalue weighted by molar-refractivity contribution is 6.10. The normalized spacial score (nSPS) is 21.4. The highest BCUT2D eigenvalue weighted by Crippen LogP contribution is 2.65. The van der Waals surface area contributed by atoms with Gasteiger partial charge in [0.05, 0.1) is 23.7 Å². The van der Waals surface area contributed by atoms with Crippen molar-refractivity contribution >= 4 is 40.1 Å². The van der Waals surface area contributed by atoms with Crippen LogP contribution in [0.4, 0.5) is 23.3 Å². The third kappa shape index (κ3) is 2.95. The molecule has 3 N–H and O–H groups in total. The Bertz CT molecular complexity index is 1560. The predicted molar refractivity (Wildman–Crippen MR) is 138 cm³/mol. The molecule has 1 aliphatic heterocycles. The van der Waals surface area contributed by atoms with Gasteiger partial charge in [-0.2, -0.15) is 10.1 Å². The number of carbonyl (C=O) groups is 1. The Morgan fingerprint density at radius 2 is 2.00 bits per heavy atom. The SMILES string of the molecule is COc1ccc2c(c1)[C@]1(C[C@H]1c1ccc3c(Nc4nc(N(C)C)nc5c4CCC5)n[nH]c3c1)C(=O)N2. The van der Waals surface area contributed by atoms with E-state index in [-0.39, 0.29) is 11.8 Å². The van der Waals surface area contributed by atoms with Crippen LogP contribution in [0.3, 0.4) is 0 Å². The van der Waals surface area contributed by atoms with Crippen LogP contribution in [0.1, 0.15) is 41.1 Å². The van der Waals surface area contributed by atoms with E-state index in [4.69, 9.17) is 14.7 Å². The van der Waals surface area contributed by atoms with Gasteiger partial charge in [0.2, 0.25) is 11.9 Å². The second-order valence-electron chi connectivity index (χ2n) is 10.1. The van der Waals surface area contributed by atoms with Crippen molar-refractivity contribution in [2.24, 2.45) is 0 Å². The van der Waals surface area contributed by atoms with Crippen molar-refractivity contribution in [3.05, 3.63) is 58.8 Å². The van der Waals surface area contributed by atoms with Gasteiger partial charge in [0.15, 0.2) is 5.82 Å². The van der Waals surface area contributed by atoms with E-state index < -0.39 is 5.41 Å². The quantitative estimate of drug-likeness (QED) is 0.395. The number of ether oxygens (including phenoxy) is 1. The van der Waals surface area contributed by atoms with Gasteiger partial charge in [0, 0.05) is 36.7 Å². The minimum absolute atomic E-state index is 0.0668. The summed E-state index contributed by atoms with van der Waals surface area (Å²) >= 11 is 0. The zero-order chi connectivity index (χ0) is 24.6. The standard InChI is InChI=1S/C27H27N7O2/c1-34(2)26-29-20-6-4-5-16(20)23(31-26)30-24-17-9-7-14(11-22(17)32-33-24)19-13-27(19)18-12-15(36-3)8-10-21(18)28-25(27)35/h7-12,19H,4-6,13H2,1-3H3,(H,28,35)(H2,29,30,31,32,33)/t19-,27-/m0/s1. The average molecular weight is 482 g/mol. The Kier molecular flexibility index (Phi) is 4.37. The molecule has 1 amide bonds. The van der Waals surface area contributed by atoms with Crippen molar-refractivity contribution in [2.45, 2.75) is 37.0 Å². The van der Waals surface area contributed by atoms with Gasteiger partial charge < -0.3 is 20.3 Å². The minimum atomic E-state index is -0.525. The molecule has 182 valence electrons. The third-order valence-electron chi connectivity index (χ3n) is 7.87. The summed E-state index contributed by atoms with van der Waals surface area (Å²) in [4.78, 5) is 24.5. The molecule has 2 aromatic carbocycles. The Labute approximate surface area is 208 Å². The van der Waals surface area contributed by atoms with Crippen molar-refractivity contribution in [3.63, 3.8) is 0 Å². The van der Waals surface area contributed by atoms with Gasteiger partial charge >= 0.3 is 0 Å². The Hall–Kier alpha value is -4.14. The summed E-state index contributed by atoms with van der Waals surface area (Å²) in [7, 11) is 5.56. The van der Waals surface area contributed by atoms with Gasteiger partial charge in [-0.25, -0.2) is 4.98 Å². The van der Waals surface area contributed by atoms with E-state index in [1.165, 1.54) is 5.56 Å². The molecule has 3 heterocycles. The van der Waals surface area contributed by atoms with Crippen molar-refractivity contribution in [1.29, 1.82) is 0 Å². The number of anilines is 4. The van der Waals surface area contributed by atoms with E-state index in [1.54, 1.807) is 7.11 Å². The smallest absolute Gasteiger partial charge is 0.235 e. The molecule has 3 aliphatic rings. The largest absolute Gasteiger partial charge is 0.497 e. The summed E-state index contributed by atoms with van der Waals surface area (Å²) in [6.45, 7) is 0. The van der Waals surface area contributed by atoms with Gasteiger partial charge in [-0.05, 0) is 67.1 Å². The molecule has 1 fully saturated rings. The van der Waals surface area contributed by atoms with Crippen LogP contribution in [-0.4, -0.2) is 47.3 Å². The molecule has 0 bridgehead atoms. The van der Waals surface area contributed by atoms with Crippen molar-refractivity contribution in [3.8, 4) is 5.75 Å². The number of nitrogens with zero attached hydrogens (tertiary/aromatic N) is 4. The maximum atomic E-state index is 13.0. The van der Waals surface area contributed by atoms with Gasteiger partial charge in [-0.3, -0.25) is 9.89 Å². The lowest BCUT2D eigenvalue weighted by Crippen LogP contribution is -2.21. The molecule has 0 unspecified atom stereocenters. The molecule has 9 nitrogen and oxygen atoms in total. The van der Waals surface area contributed by atoms with E-state index >= 15 is 0 Å². The van der Waals surface area contributed by atoms with E-state index in [0.29, 0.717) is 5.95 Å². The van der Waals surface area contributed by atoms with Gasteiger partial charge in [0.25, 0.3) is 0 Å². The van der Waals surface area contributed by atoms with Crippen LogP contribution in [0.5, 0.6) is 5.75 Å². The molecule has 4 aromatic rings. The fourth-order valence-electron chi connectivity index (χ4n) is 5.88. The lowest BCUT2D eigenvalue weighted by Gasteiger charge is -2.15. The number of nitrogens with one attached hydrogen (secondary N) is 3. The first-order valence-corrected chi connectivity index (χ1v) is 12.3. The van der Waals surface area contributed by atoms with Crippen LogP contribution in [0.2, 0.25) is 0 Å². The number of methoxy groups -OCH3 is 1. The van der Waals surface area contributed by atoms with Crippen LogP contribution >= 0.6 is 0 Å². The summed E-state index contributed by atoms with van der Waals surface area (Å²) in [6.07, 6.45) is 3.82. The van der Waals surface area contributed by atoms with Crippen LogP contribution < -0.4 is 20.3 Å². The van der Waals surface area contributed by atoms with E-state index in [9.17, 15) is 4.79 Å². The maximum absolute atomic E-state index is 13.0. The topological polar surface area (TPSA) is 108 Å². The Balaban J connectivity index is 1.21. The number of hydrogen-bond donors (Lipinski definition) is 3.